The van der Waals surface area contributed by atoms with Crippen molar-refractivity contribution in [3.05, 3.63) is 61.2 Å². The number of carbonyl (C=O) groups excluding carboxylic acids is 3. The standard InChI is InChI=1S/C33H45N3O6S/c1-3-5-6-10-20-42-32(40)27-26-13-14-33(43-26)28(27)30(38)36(25(23-37)24-11-8-7-9-12-24)29(33)31(39)35(15-4-2)17-16-34-18-21-41-22-19-34/h3-4,7-9,11-12,25-29,37H,1-2,5-6,10,13-23H2/t25-,26+,27-,28+,29?,33?/m1/s1. The minimum Gasteiger partial charge on any atom is -0.465 e. The molecular weight excluding hydrogens is 566 g/mol. The Morgan fingerprint density at radius 2 is 1.95 bits per heavy atom. The van der Waals surface area contributed by atoms with Crippen LogP contribution in [0.4, 0.5) is 0 Å². The van der Waals surface area contributed by atoms with E-state index in [9.17, 15) is 19.5 Å². The number of thioether (sulfide) groups is 1. The van der Waals surface area contributed by atoms with Gasteiger partial charge in [0.15, 0.2) is 0 Å². The Morgan fingerprint density at radius 3 is 2.65 bits per heavy atom. The summed E-state index contributed by atoms with van der Waals surface area (Å²) in [7, 11) is 0. The fourth-order valence-corrected chi connectivity index (χ4v) is 9.56. The SMILES string of the molecule is C=CCCCCOC(=O)[C@@H]1[C@@H]2CCC3(S2)C(C(=O)N(CC=C)CCN2CCOCC2)N([C@H](CO)c2ccccc2)C(=O)[C@H]13. The first kappa shape index (κ1) is 31.8. The lowest BCUT2D eigenvalue weighted by Crippen LogP contribution is -2.56. The summed E-state index contributed by atoms with van der Waals surface area (Å²) in [6.45, 7) is 12.1. The first-order chi connectivity index (χ1) is 21.0. The van der Waals surface area contributed by atoms with Gasteiger partial charge < -0.3 is 24.4 Å². The lowest BCUT2D eigenvalue weighted by Gasteiger charge is -2.40. The van der Waals surface area contributed by atoms with Gasteiger partial charge in [-0.05, 0) is 37.7 Å². The van der Waals surface area contributed by atoms with Gasteiger partial charge in [-0.1, -0.05) is 42.5 Å². The third kappa shape index (κ3) is 6.30. The number of nitrogens with zero attached hydrogens (tertiary/aromatic N) is 3. The van der Waals surface area contributed by atoms with E-state index in [1.807, 2.05) is 36.4 Å². The van der Waals surface area contributed by atoms with Crippen LogP contribution >= 0.6 is 11.8 Å². The number of carbonyl (C=O) groups is 3. The molecule has 0 saturated carbocycles. The molecule has 43 heavy (non-hydrogen) atoms. The molecule has 1 N–H and O–H groups in total. The molecule has 4 saturated heterocycles. The topological polar surface area (TPSA) is 99.6 Å². The van der Waals surface area contributed by atoms with Gasteiger partial charge in [0.25, 0.3) is 0 Å². The summed E-state index contributed by atoms with van der Waals surface area (Å²) in [5.74, 6) is -2.02. The minimum absolute atomic E-state index is 0.0717. The zero-order valence-electron chi connectivity index (χ0n) is 25.0. The molecule has 6 atom stereocenters. The summed E-state index contributed by atoms with van der Waals surface area (Å²) in [5, 5.41) is 10.6. The number of morpholine rings is 1. The Bertz CT molecular complexity index is 1160. The number of allylic oxidation sites excluding steroid dienone is 1. The molecular formula is C33H45N3O6S. The Balaban J connectivity index is 1.46. The molecule has 4 aliphatic rings. The maximum absolute atomic E-state index is 14.7. The molecule has 1 aromatic rings. The van der Waals surface area contributed by atoms with E-state index >= 15 is 0 Å². The molecule has 2 amide bonds. The number of benzene rings is 1. The fraction of sp³-hybridized carbons (Fsp3) is 0.606. The number of fused-ring (bicyclic) bond motifs is 1. The first-order valence-electron chi connectivity index (χ1n) is 15.6. The van der Waals surface area contributed by atoms with Crippen LogP contribution in [-0.2, 0) is 23.9 Å². The van der Waals surface area contributed by atoms with E-state index in [4.69, 9.17) is 9.47 Å². The van der Waals surface area contributed by atoms with Crippen molar-refractivity contribution in [3.63, 3.8) is 0 Å². The summed E-state index contributed by atoms with van der Waals surface area (Å²) in [6, 6.07) is 7.86. The molecule has 234 valence electrons. The predicted octanol–water partition coefficient (Wildman–Crippen LogP) is 3.06. The van der Waals surface area contributed by atoms with Gasteiger partial charge in [-0.25, -0.2) is 0 Å². The maximum Gasteiger partial charge on any atom is 0.310 e. The maximum atomic E-state index is 14.7. The van der Waals surface area contributed by atoms with Gasteiger partial charge in [0.1, 0.15) is 6.04 Å². The van der Waals surface area contributed by atoms with Crippen LogP contribution < -0.4 is 0 Å². The van der Waals surface area contributed by atoms with Crippen LogP contribution in [-0.4, -0.2) is 113 Å². The van der Waals surface area contributed by atoms with E-state index in [1.54, 1.807) is 27.6 Å². The van der Waals surface area contributed by atoms with Crippen molar-refractivity contribution in [1.29, 1.82) is 0 Å². The van der Waals surface area contributed by atoms with E-state index in [0.29, 0.717) is 45.9 Å². The van der Waals surface area contributed by atoms with Crippen LogP contribution in [0.1, 0.15) is 43.7 Å². The first-order valence-corrected chi connectivity index (χ1v) is 16.5. The van der Waals surface area contributed by atoms with Gasteiger partial charge in [0, 0.05) is 38.0 Å². The lowest BCUT2D eigenvalue weighted by molar-refractivity contribution is -0.154. The highest BCUT2D eigenvalue weighted by Crippen LogP contribution is 2.67. The highest BCUT2D eigenvalue weighted by molar-refractivity contribution is 8.02. The molecule has 4 fully saturated rings. The monoisotopic (exact) mass is 611 g/mol. The third-order valence-electron chi connectivity index (χ3n) is 9.44. The highest BCUT2D eigenvalue weighted by Gasteiger charge is 2.74. The molecule has 4 heterocycles. The number of hydrogen-bond acceptors (Lipinski definition) is 8. The van der Waals surface area contributed by atoms with Crippen LogP contribution in [0, 0.1) is 11.8 Å². The van der Waals surface area contributed by atoms with E-state index < -0.39 is 28.7 Å². The summed E-state index contributed by atoms with van der Waals surface area (Å²) in [4.78, 5) is 48.5. The van der Waals surface area contributed by atoms with E-state index in [2.05, 4.69) is 18.1 Å². The van der Waals surface area contributed by atoms with Crippen molar-refractivity contribution in [2.45, 2.75) is 54.2 Å². The van der Waals surface area contributed by atoms with Gasteiger partial charge in [0.2, 0.25) is 11.8 Å². The van der Waals surface area contributed by atoms with Crippen LogP contribution in [0.3, 0.4) is 0 Å². The van der Waals surface area contributed by atoms with Gasteiger partial charge >= 0.3 is 5.97 Å². The predicted molar refractivity (Wildman–Crippen MR) is 166 cm³/mol. The number of esters is 1. The summed E-state index contributed by atoms with van der Waals surface area (Å²) < 4.78 is 10.5. The van der Waals surface area contributed by atoms with Gasteiger partial charge in [0.05, 0.1) is 49.1 Å². The van der Waals surface area contributed by atoms with E-state index in [-0.39, 0.29) is 29.6 Å². The van der Waals surface area contributed by atoms with Gasteiger partial charge in [-0.15, -0.1) is 24.9 Å². The Hall–Kier alpha value is -2.66. The molecule has 2 bridgehead atoms. The second-order valence-electron chi connectivity index (χ2n) is 11.9. The average Bonchev–Trinajstić information content (AvgIpc) is 3.68. The molecule has 0 aliphatic carbocycles. The second kappa shape index (κ2) is 14.4. The van der Waals surface area contributed by atoms with Crippen molar-refractivity contribution in [3.8, 4) is 0 Å². The zero-order chi connectivity index (χ0) is 30.4. The molecule has 5 rings (SSSR count). The number of aliphatic hydroxyl groups is 1. The normalized spacial score (nSPS) is 28.9. The summed E-state index contributed by atoms with van der Waals surface area (Å²) in [5.41, 5.74) is 0.761. The Morgan fingerprint density at radius 1 is 1.19 bits per heavy atom. The molecule has 1 aromatic carbocycles. The van der Waals surface area contributed by atoms with Crippen molar-refractivity contribution >= 4 is 29.5 Å². The van der Waals surface area contributed by atoms with Gasteiger partial charge in [-0.3, -0.25) is 19.3 Å². The molecule has 10 heteroatoms. The lowest BCUT2D eigenvalue weighted by atomic mass is 9.71. The van der Waals surface area contributed by atoms with Crippen LogP contribution in [0.2, 0.25) is 0 Å². The Labute approximate surface area is 259 Å². The van der Waals surface area contributed by atoms with Crippen LogP contribution in [0.5, 0.6) is 0 Å². The number of rotatable bonds is 15. The number of ether oxygens (including phenoxy) is 2. The van der Waals surface area contributed by atoms with Crippen molar-refractivity contribution in [2.24, 2.45) is 11.8 Å². The molecule has 0 radical (unpaired) electrons. The van der Waals surface area contributed by atoms with Crippen LogP contribution in [0.25, 0.3) is 0 Å². The van der Waals surface area contributed by atoms with Crippen molar-refractivity contribution in [1.82, 2.24) is 14.7 Å². The minimum atomic E-state index is -0.813. The molecule has 2 unspecified atom stereocenters. The van der Waals surface area contributed by atoms with Crippen molar-refractivity contribution in [2.75, 3.05) is 59.2 Å². The number of likely N-dealkylation sites (tertiary alicyclic amines) is 1. The number of unbranched alkanes of at least 4 members (excludes halogenated alkanes) is 2. The average molecular weight is 612 g/mol. The molecule has 1 spiro atoms. The van der Waals surface area contributed by atoms with E-state index in [0.717, 1.165) is 44.3 Å². The smallest absolute Gasteiger partial charge is 0.310 e. The number of amides is 2. The zero-order valence-corrected chi connectivity index (χ0v) is 25.8. The second-order valence-corrected chi connectivity index (χ2v) is 13.5. The third-order valence-corrected chi connectivity index (χ3v) is 11.4. The van der Waals surface area contributed by atoms with Crippen molar-refractivity contribution < 1.29 is 29.0 Å². The number of hydrogen-bond donors (Lipinski definition) is 1. The summed E-state index contributed by atoms with van der Waals surface area (Å²) in [6.07, 6.45) is 7.45. The largest absolute Gasteiger partial charge is 0.465 e. The molecule has 4 aliphatic heterocycles. The van der Waals surface area contributed by atoms with Crippen LogP contribution in [0.15, 0.2) is 55.6 Å². The Kier molecular flexibility index (Phi) is 10.6. The highest BCUT2D eigenvalue weighted by atomic mass is 32.2. The summed E-state index contributed by atoms with van der Waals surface area (Å²) >= 11 is 1.62. The van der Waals surface area contributed by atoms with Gasteiger partial charge in [-0.2, -0.15) is 0 Å². The molecule has 9 nitrogen and oxygen atoms in total. The number of aliphatic hydroxyl groups excluding tert-OH is 1. The van der Waals surface area contributed by atoms with E-state index in [1.165, 1.54) is 0 Å². The fourth-order valence-electron chi connectivity index (χ4n) is 7.37. The molecule has 0 aromatic heterocycles. The quantitative estimate of drug-likeness (QED) is 0.184.